The van der Waals surface area contributed by atoms with Crippen LogP contribution in [0.1, 0.15) is 36.2 Å². The van der Waals surface area contributed by atoms with Gasteiger partial charge in [0.15, 0.2) is 5.76 Å². The summed E-state index contributed by atoms with van der Waals surface area (Å²) in [4.78, 5) is 33.6. The molecule has 0 saturated heterocycles. The highest BCUT2D eigenvalue weighted by Crippen LogP contribution is 2.28. The van der Waals surface area contributed by atoms with Crippen LogP contribution in [-0.2, 0) is 0 Å². The van der Waals surface area contributed by atoms with Gasteiger partial charge in [0.05, 0.1) is 11.6 Å². The summed E-state index contributed by atoms with van der Waals surface area (Å²) in [6.45, 7) is 0.511. The van der Waals surface area contributed by atoms with Crippen molar-refractivity contribution in [2.45, 2.75) is 31.7 Å². The molecule has 2 heterocycles. The van der Waals surface area contributed by atoms with E-state index in [0.29, 0.717) is 18.4 Å². The van der Waals surface area contributed by atoms with Crippen molar-refractivity contribution in [3.05, 3.63) is 52.3 Å². The summed E-state index contributed by atoms with van der Waals surface area (Å²) < 4.78 is 4.95. The Morgan fingerprint density at radius 2 is 1.91 bits per heavy atom. The molecule has 1 fully saturated rings. The van der Waals surface area contributed by atoms with E-state index in [1.807, 2.05) is 43.3 Å². The highest BCUT2D eigenvalue weighted by atomic mass is 16.6. The molecular weight excluding hydrogens is 412 g/mol. The predicted molar refractivity (Wildman–Crippen MR) is 121 cm³/mol. The minimum absolute atomic E-state index is 0.0443. The van der Waals surface area contributed by atoms with Crippen molar-refractivity contribution < 1.29 is 14.1 Å². The van der Waals surface area contributed by atoms with Crippen molar-refractivity contribution in [2.75, 3.05) is 30.9 Å². The minimum Gasteiger partial charge on any atom is -0.395 e. The van der Waals surface area contributed by atoms with E-state index in [9.17, 15) is 14.9 Å². The van der Waals surface area contributed by atoms with E-state index in [-0.39, 0.29) is 11.8 Å². The van der Waals surface area contributed by atoms with Crippen molar-refractivity contribution in [1.29, 1.82) is 0 Å². The van der Waals surface area contributed by atoms with Crippen LogP contribution in [0.15, 0.2) is 40.8 Å². The number of carbonyl (C=O) groups is 1. The molecule has 1 amide bonds. The van der Waals surface area contributed by atoms with Crippen LogP contribution in [-0.4, -0.2) is 47.5 Å². The molecule has 2 N–H and O–H groups in total. The summed E-state index contributed by atoms with van der Waals surface area (Å²) in [6, 6.07) is 10.7. The maximum absolute atomic E-state index is 12.2. The molecule has 1 aliphatic carbocycles. The number of benzene rings is 1. The van der Waals surface area contributed by atoms with Gasteiger partial charge in [0.2, 0.25) is 5.95 Å². The Morgan fingerprint density at radius 3 is 2.59 bits per heavy atom. The molecule has 1 aliphatic rings. The van der Waals surface area contributed by atoms with Crippen molar-refractivity contribution in [3.63, 3.8) is 0 Å². The maximum atomic E-state index is 12.2. The molecule has 0 spiro atoms. The van der Waals surface area contributed by atoms with E-state index in [1.54, 1.807) is 0 Å². The molecule has 4 rings (SSSR count). The fraction of sp³-hybridized carbons (Fsp3) is 0.409. The van der Waals surface area contributed by atoms with E-state index >= 15 is 0 Å². The van der Waals surface area contributed by atoms with Gasteiger partial charge in [-0.05, 0) is 49.8 Å². The molecule has 10 nitrogen and oxygen atoms in total. The lowest BCUT2D eigenvalue weighted by Crippen LogP contribution is -2.34. The number of hydrogen-bond acceptors (Lipinski definition) is 8. The van der Waals surface area contributed by atoms with Crippen molar-refractivity contribution in [2.24, 2.45) is 5.92 Å². The van der Waals surface area contributed by atoms with Gasteiger partial charge in [-0.1, -0.05) is 12.1 Å². The molecule has 3 aromatic rings. The lowest BCUT2D eigenvalue weighted by Gasteiger charge is -2.29. The van der Waals surface area contributed by atoms with E-state index in [4.69, 9.17) is 9.40 Å². The highest BCUT2D eigenvalue weighted by molar-refractivity contribution is 5.91. The molecule has 0 radical (unpaired) electrons. The van der Waals surface area contributed by atoms with Gasteiger partial charge in [0, 0.05) is 32.1 Å². The number of furan rings is 1. The van der Waals surface area contributed by atoms with Gasteiger partial charge >= 0.3 is 5.88 Å². The number of hydrogen-bond donors (Lipinski definition) is 2. The van der Waals surface area contributed by atoms with E-state index in [2.05, 4.69) is 15.6 Å². The van der Waals surface area contributed by atoms with Gasteiger partial charge in [0.1, 0.15) is 10.7 Å². The summed E-state index contributed by atoms with van der Waals surface area (Å²) in [7, 11) is 3.94. The largest absolute Gasteiger partial charge is 0.433 e. The van der Waals surface area contributed by atoms with Crippen LogP contribution in [0.4, 0.5) is 17.7 Å². The third kappa shape index (κ3) is 4.79. The molecule has 2 aromatic heterocycles. The van der Waals surface area contributed by atoms with E-state index in [1.165, 1.54) is 12.1 Å². The number of anilines is 2. The molecule has 0 atom stereocenters. The topological polar surface area (TPSA) is 126 Å². The third-order valence-electron chi connectivity index (χ3n) is 5.73. The summed E-state index contributed by atoms with van der Waals surface area (Å²) in [5, 5.41) is 18.0. The summed E-state index contributed by atoms with van der Waals surface area (Å²) in [6.07, 6.45) is 3.79. The Hall–Kier alpha value is -3.69. The first-order chi connectivity index (χ1) is 15.4. The fourth-order valence-corrected chi connectivity index (χ4v) is 4.03. The smallest absolute Gasteiger partial charge is 0.395 e. The molecule has 1 saturated carbocycles. The first-order valence-corrected chi connectivity index (χ1v) is 10.6. The minimum atomic E-state index is -0.661. The maximum Gasteiger partial charge on any atom is 0.433 e. The van der Waals surface area contributed by atoms with Gasteiger partial charge in [-0.15, -0.1) is 0 Å². The molecule has 10 heteroatoms. The Kier molecular flexibility index (Phi) is 6.20. The zero-order valence-corrected chi connectivity index (χ0v) is 18.1. The SMILES string of the molecule is CN(C)c1nc(NC2CCC(CNC(=O)c3ccc([N+](=O)[O-])o3)CC2)nc2ccccc12. The van der Waals surface area contributed by atoms with E-state index in [0.717, 1.165) is 42.4 Å². The van der Waals surface area contributed by atoms with Crippen molar-refractivity contribution in [3.8, 4) is 0 Å². The Bertz CT molecular complexity index is 1120. The van der Waals surface area contributed by atoms with Gasteiger partial charge in [-0.3, -0.25) is 14.9 Å². The van der Waals surface area contributed by atoms with Crippen LogP contribution in [0.5, 0.6) is 0 Å². The first-order valence-electron chi connectivity index (χ1n) is 10.6. The second-order valence-corrected chi connectivity index (χ2v) is 8.25. The highest BCUT2D eigenvalue weighted by Gasteiger charge is 2.24. The average Bonchev–Trinajstić information content (AvgIpc) is 3.29. The van der Waals surface area contributed by atoms with Gasteiger partial charge in [-0.2, -0.15) is 4.98 Å². The summed E-state index contributed by atoms with van der Waals surface area (Å²) in [5.74, 6) is 0.944. The number of nitrogens with zero attached hydrogens (tertiary/aromatic N) is 4. The molecule has 0 unspecified atom stereocenters. The number of para-hydroxylation sites is 1. The van der Waals surface area contributed by atoms with Crippen molar-refractivity contribution >= 4 is 34.5 Å². The number of carbonyl (C=O) groups excluding carboxylic acids is 1. The number of nitro groups is 1. The number of rotatable bonds is 7. The van der Waals surface area contributed by atoms with Crippen LogP contribution >= 0.6 is 0 Å². The zero-order valence-electron chi connectivity index (χ0n) is 18.1. The van der Waals surface area contributed by atoms with Crippen LogP contribution in [0.25, 0.3) is 10.9 Å². The van der Waals surface area contributed by atoms with E-state index < -0.39 is 16.7 Å². The first kappa shape index (κ1) is 21.5. The number of aromatic nitrogens is 2. The molecular formula is C22H26N6O4. The zero-order chi connectivity index (χ0) is 22.7. The molecule has 1 aromatic carbocycles. The summed E-state index contributed by atoms with van der Waals surface area (Å²) >= 11 is 0. The lowest BCUT2D eigenvalue weighted by molar-refractivity contribution is -0.402. The Morgan fingerprint density at radius 1 is 1.16 bits per heavy atom. The Balaban J connectivity index is 1.30. The molecule has 32 heavy (non-hydrogen) atoms. The lowest BCUT2D eigenvalue weighted by atomic mass is 9.86. The number of amides is 1. The van der Waals surface area contributed by atoms with Crippen LogP contribution < -0.4 is 15.5 Å². The molecule has 0 aliphatic heterocycles. The third-order valence-corrected chi connectivity index (χ3v) is 5.73. The van der Waals surface area contributed by atoms with Gasteiger partial charge < -0.3 is 20.0 Å². The van der Waals surface area contributed by atoms with Crippen molar-refractivity contribution in [1.82, 2.24) is 15.3 Å². The standard InChI is InChI=1S/C22H26N6O4/c1-27(2)20-16-5-3-4-6-17(16)25-22(26-20)24-15-9-7-14(8-10-15)13-23-21(29)18-11-12-19(32-18)28(30)31/h3-6,11-12,14-15H,7-10,13H2,1-2H3,(H,23,29)(H,24,25,26). The van der Waals surface area contributed by atoms with Gasteiger partial charge in [0.25, 0.3) is 5.91 Å². The molecule has 0 bridgehead atoms. The second kappa shape index (κ2) is 9.21. The normalized spacial score (nSPS) is 18.3. The molecule has 168 valence electrons. The number of fused-ring (bicyclic) bond motifs is 1. The quantitative estimate of drug-likeness (QED) is 0.423. The number of nitrogens with one attached hydrogen (secondary N) is 2. The Labute approximate surface area is 185 Å². The van der Waals surface area contributed by atoms with Gasteiger partial charge in [-0.25, -0.2) is 4.98 Å². The fourth-order valence-electron chi connectivity index (χ4n) is 4.03. The van der Waals surface area contributed by atoms with Crippen LogP contribution in [0.3, 0.4) is 0 Å². The monoisotopic (exact) mass is 438 g/mol. The summed E-state index contributed by atoms with van der Waals surface area (Å²) in [5.41, 5.74) is 0.906. The average molecular weight is 438 g/mol. The van der Waals surface area contributed by atoms with Crippen LogP contribution in [0.2, 0.25) is 0 Å². The predicted octanol–water partition coefficient (Wildman–Crippen LogP) is 3.60. The van der Waals surface area contributed by atoms with Crippen LogP contribution in [0, 0.1) is 16.0 Å². The second-order valence-electron chi connectivity index (χ2n) is 8.25.